The number of aryl methyl sites for hydroxylation is 1. The van der Waals surface area contributed by atoms with Gasteiger partial charge in [-0.3, -0.25) is 9.36 Å². The number of aromatic nitrogens is 3. The molecule has 35 heavy (non-hydrogen) atoms. The number of benzene rings is 3. The summed E-state index contributed by atoms with van der Waals surface area (Å²) in [6.07, 6.45) is 0. The number of hydrogen-bond donors (Lipinski definition) is 1. The number of methoxy groups -OCH3 is 2. The van der Waals surface area contributed by atoms with Crippen LogP contribution in [0.5, 0.6) is 5.75 Å². The molecule has 7 nitrogen and oxygen atoms in total. The third-order valence-corrected chi connectivity index (χ3v) is 6.40. The van der Waals surface area contributed by atoms with Crippen molar-refractivity contribution in [3.8, 4) is 22.8 Å². The molecule has 1 amide bonds. The van der Waals surface area contributed by atoms with Crippen molar-refractivity contribution in [3.05, 3.63) is 89.5 Å². The Morgan fingerprint density at radius 1 is 1.00 bits per heavy atom. The Hall–Kier alpha value is -3.62. The number of rotatable bonds is 10. The molecule has 0 unspecified atom stereocenters. The molecule has 0 saturated carbocycles. The first-order valence-corrected chi connectivity index (χ1v) is 12.2. The molecular weight excluding hydrogens is 460 g/mol. The van der Waals surface area contributed by atoms with Gasteiger partial charge in [0, 0.05) is 36.2 Å². The molecule has 0 aliphatic rings. The average molecular weight is 489 g/mol. The Labute approximate surface area is 209 Å². The van der Waals surface area contributed by atoms with E-state index in [1.807, 2.05) is 54.6 Å². The first-order valence-electron chi connectivity index (χ1n) is 11.2. The van der Waals surface area contributed by atoms with Crippen molar-refractivity contribution in [2.24, 2.45) is 0 Å². The Morgan fingerprint density at radius 3 is 2.54 bits per heavy atom. The zero-order chi connectivity index (χ0) is 24.6. The fraction of sp³-hybridized carbons (Fsp3) is 0.222. The summed E-state index contributed by atoms with van der Waals surface area (Å²) >= 11 is 1.60. The normalized spacial score (nSPS) is 10.8. The molecule has 3 aromatic carbocycles. The van der Waals surface area contributed by atoms with Gasteiger partial charge in [-0.1, -0.05) is 48.2 Å². The minimum absolute atomic E-state index is 0.108. The van der Waals surface area contributed by atoms with E-state index in [1.54, 1.807) is 26.0 Å². The van der Waals surface area contributed by atoms with E-state index in [-0.39, 0.29) is 5.91 Å². The van der Waals surface area contributed by atoms with Crippen LogP contribution in [0.25, 0.3) is 17.1 Å². The molecule has 0 aliphatic carbocycles. The molecule has 0 radical (unpaired) electrons. The van der Waals surface area contributed by atoms with Crippen molar-refractivity contribution in [2.45, 2.75) is 17.8 Å². The minimum Gasteiger partial charge on any atom is -0.497 e. The van der Waals surface area contributed by atoms with Crippen molar-refractivity contribution in [1.82, 2.24) is 20.1 Å². The Bertz CT molecular complexity index is 1290. The third kappa shape index (κ3) is 6.09. The molecule has 4 rings (SSSR count). The van der Waals surface area contributed by atoms with Gasteiger partial charge in [-0.15, -0.1) is 10.2 Å². The fourth-order valence-corrected chi connectivity index (χ4v) is 4.49. The van der Waals surface area contributed by atoms with Gasteiger partial charge in [0.1, 0.15) is 5.75 Å². The van der Waals surface area contributed by atoms with E-state index in [0.717, 1.165) is 39.1 Å². The predicted molar refractivity (Wildman–Crippen MR) is 138 cm³/mol. The summed E-state index contributed by atoms with van der Waals surface area (Å²) in [7, 11) is 3.26. The van der Waals surface area contributed by atoms with Crippen LogP contribution in [0.15, 0.2) is 78.0 Å². The molecule has 0 bridgehead atoms. The summed E-state index contributed by atoms with van der Waals surface area (Å²) in [5.74, 6) is 2.10. The zero-order valence-electron chi connectivity index (χ0n) is 20.0. The van der Waals surface area contributed by atoms with Gasteiger partial charge in [0.2, 0.25) is 0 Å². The molecule has 1 N–H and O–H groups in total. The molecule has 4 aromatic rings. The number of nitrogens with zero attached hydrogens (tertiary/aromatic N) is 3. The molecular formula is C27H28N4O3S. The Kier molecular flexibility index (Phi) is 8.18. The summed E-state index contributed by atoms with van der Waals surface area (Å²) < 4.78 is 12.5. The molecule has 0 atom stereocenters. The van der Waals surface area contributed by atoms with Gasteiger partial charge in [0.15, 0.2) is 11.0 Å². The minimum atomic E-state index is -0.108. The van der Waals surface area contributed by atoms with Gasteiger partial charge in [-0.2, -0.15) is 0 Å². The third-order valence-electron chi connectivity index (χ3n) is 5.40. The summed E-state index contributed by atoms with van der Waals surface area (Å²) in [5.41, 5.74) is 4.79. The molecule has 0 fully saturated rings. The maximum absolute atomic E-state index is 12.2. The fourth-order valence-electron chi connectivity index (χ4n) is 3.58. The average Bonchev–Trinajstić information content (AvgIpc) is 3.32. The second-order valence-corrected chi connectivity index (χ2v) is 8.89. The van der Waals surface area contributed by atoms with Crippen LogP contribution in [0, 0.1) is 6.92 Å². The SMILES string of the molecule is COCCNC(=O)c1ccc(CSc2nnc(-c3cccc(OC)c3)n2-c2cccc(C)c2)cc1. The van der Waals surface area contributed by atoms with Gasteiger partial charge < -0.3 is 14.8 Å². The summed E-state index contributed by atoms with van der Waals surface area (Å²) in [6.45, 7) is 3.04. The van der Waals surface area contributed by atoms with E-state index in [9.17, 15) is 4.79 Å². The maximum atomic E-state index is 12.2. The smallest absolute Gasteiger partial charge is 0.251 e. The van der Waals surface area contributed by atoms with E-state index in [4.69, 9.17) is 9.47 Å². The lowest BCUT2D eigenvalue weighted by molar-refractivity contribution is 0.0937. The highest BCUT2D eigenvalue weighted by Gasteiger charge is 2.17. The molecule has 0 aliphatic heterocycles. The van der Waals surface area contributed by atoms with E-state index < -0.39 is 0 Å². The van der Waals surface area contributed by atoms with Crippen molar-refractivity contribution in [3.63, 3.8) is 0 Å². The van der Waals surface area contributed by atoms with E-state index in [2.05, 4.69) is 45.2 Å². The Morgan fingerprint density at radius 2 is 1.80 bits per heavy atom. The van der Waals surface area contributed by atoms with Crippen molar-refractivity contribution in [1.29, 1.82) is 0 Å². The van der Waals surface area contributed by atoms with Crippen molar-refractivity contribution >= 4 is 17.7 Å². The quantitative estimate of drug-likeness (QED) is 0.252. The molecule has 1 aromatic heterocycles. The predicted octanol–water partition coefficient (Wildman–Crippen LogP) is 4.92. The second kappa shape index (κ2) is 11.7. The molecule has 0 saturated heterocycles. The van der Waals surface area contributed by atoms with E-state index in [0.29, 0.717) is 24.5 Å². The van der Waals surface area contributed by atoms with Crippen LogP contribution in [0.1, 0.15) is 21.5 Å². The Balaban J connectivity index is 1.57. The van der Waals surface area contributed by atoms with Crippen molar-refractivity contribution < 1.29 is 14.3 Å². The van der Waals surface area contributed by atoms with Gasteiger partial charge in [-0.05, 0) is 54.4 Å². The number of nitrogens with one attached hydrogen (secondary N) is 1. The number of hydrogen-bond acceptors (Lipinski definition) is 6. The first kappa shape index (κ1) is 24.5. The summed E-state index contributed by atoms with van der Waals surface area (Å²) in [4.78, 5) is 12.2. The van der Waals surface area contributed by atoms with E-state index >= 15 is 0 Å². The second-order valence-electron chi connectivity index (χ2n) is 7.95. The molecule has 180 valence electrons. The van der Waals surface area contributed by atoms with Crippen LogP contribution in [0.2, 0.25) is 0 Å². The number of ether oxygens (including phenoxy) is 2. The van der Waals surface area contributed by atoms with Gasteiger partial charge in [0.05, 0.1) is 13.7 Å². The lowest BCUT2D eigenvalue weighted by atomic mass is 10.1. The van der Waals surface area contributed by atoms with Gasteiger partial charge in [-0.25, -0.2) is 0 Å². The molecule has 1 heterocycles. The van der Waals surface area contributed by atoms with Crippen LogP contribution in [-0.4, -0.2) is 48.0 Å². The topological polar surface area (TPSA) is 78.3 Å². The summed E-state index contributed by atoms with van der Waals surface area (Å²) in [6, 6.07) is 23.7. The molecule has 0 spiro atoms. The van der Waals surface area contributed by atoms with Crippen LogP contribution >= 0.6 is 11.8 Å². The summed E-state index contributed by atoms with van der Waals surface area (Å²) in [5, 5.41) is 12.7. The number of amides is 1. The maximum Gasteiger partial charge on any atom is 0.251 e. The highest BCUT2D eigenvalue weighted by Crippen LogP contribution is 2.31. The highest BCUT2D eigenvalue weighted by atomic mass is 32.2. The monoisotopic (exact) mass is 488 g/mol. The van der Waals surface area contributed by atoms with E-state index in [1.165, 1.54) is 0 Å². The van der Waals surface area contributed by atoms with Crippen LogP contribution in [0.3, 0.4) is 0 Å². The number of thioether (sulfide) groups is 1. The lowest BCUT2D eigenvalue weighted by Crippen LogP contribution is -2.26. The number of carbonyl (C=O) groups excluding carboxylic acids is 1. The lowest BCUT2D eigenvalue weighted by Gasteiger charge is -2.12. The largest absolute Gasteiger partial charge is 0.497 e. The van der Waals surface area contributed by atoms with Gasteiger partial charge in [0.25, 0.3) is 5.91 Å². The van der Waals surface area contributed by atoms with Crippen LogP contribution in [0.4, 0.5) is 0 Å². The molecule has 8 heteroatoms. The van der Waals surface area contributed by atoms with Gasteiger partial charge >= 0.3 is 0 Å². The van der Waals surface area contributed by atoms with Crippen LogP contribution in [-0.2, 0) is 10.5 Å². The zero-order valence-corrected chi connectivity index (χ0v) is 20.8. The van der Waals surface area contributed by atoms with Crippen LogP contribution < -0.4 is 10.1 Å². The van der Waals surface area contributed by atoms with Crippen molar-refractivity contribution in [2.75, 3.05) is 27.4 Å². The standard InChI is InChI=1S/C27H28N4O3S/c1-19-6-4-8-23(16-19)31-25(22-7-5-9-24(17-22)34-3)29-30-27(31)35-18-20-10-12-21(13-11-20)26(32)28-14-15-33-2/h4-13,16-17H,14-15,18H2,1-3H3,(H,28,32). The first-order chi connectivity index (χ1) is 17.1. The number of carbonyl (C=O) groups is 1. The highest BCUT2D eigenvalue weighted by molar-refractivity contribution is 7.98.